The van der Waals surface area contributed by atoms with Gasteiger partial charge in [0.15, 0.2) is 0 Å². The summed E-state index contributed by atoms with van der Waals surface area (Å²) in [6.45, 7) is 0.911. The van der Waals surface area contributed by atoms with E-state index in [0.717, 1.165) is 12.8 Å². The highest BCUT2D eigenvalue weighted by Crippen LogP contribution is 2.38. The van der Waals surface area contributed by atoms with Crippen LogP contribution >= 0.6 is 0 Å². The van der Waals surface area contributed by atoms with Gasteiger partial charge in [-0.25, -0.2) is 4.79 Å². The molecule has 0 spiro atoms. The van der Waals surface area contributed by atoms with Crippen LogP contribution < -0.4 is 4.74 Å². The summed E-state index contributed by atoms with van der Waals surface area (Å²) < 4.78 is 12.4. The zero-order chi connectivity index (χ0) is 14.1. The minimum atomic E-state index is -0.927. The molecule has 106 valence electrons. The van der Waals surface area contributed by atoms with Crippen molar-refractivity contribution >= 4 is 17.0 Å². The number of ether oxygens (including phenoxy) is 2. The first kappa shape index (κ1) is 12.9. The molecule has 0 unspecified atom stereocenters. The Bertz CT molecular complexity index is 646. The van der Waals surface area contributed by atoms with Crippen molar-refractivity contribution in [2.75, 3.05) is 20.3 Å². The molecule has 0 bridgehead atoms. The summed E-state index contributed by atoms with van der Waals surface area (Å²) in [4.78, 5) is 15.7. The molecule has 2 aromatic heterocycles. The Kier molecular flexibility index (Phi) is 3.31. The number of carboxylic acid groups (broad SMARTS) is 1. The third kappa shape index (κ3) is 2.34. The lowest BCUT2D eigenvalue weighted by molar-refractivity contribution is 0.0699. The molecule has 0 aromatic carbocycles. The van der Waals surface area contributed by atoms with Crippen molar-refractivity contribution in [3.63, 3.8) is 0 Å². The maximum Gasteiger partial charge on any atom is 0.337 e. The third-order valence-electron chi connectivity index (χ3n) is 3.36. The number of fused-ring (bicyclic) bond motifs is 1. The molecule has 1 aliphatic carbocycles. The maximum absolute atomic E-state index is 11.3. The summed E-state index contributed by atoms with van der Waals surface area (Å²) in [5, 5.41) is 9.91. The first-order chi connectivity index (χ1) is 9.70. The van der Waals surface area contributed by atoms with Gasteiger partial charge in [-0.1, -0.05) is 0 Å². The lowest BCUT2D eigenvalue weighted by atomic mass is 10.2. The van der Waals surface area contributed by atoms with Crippen LogP contribution in [0.5, 0.6) is 5.88 Å². The highest BCUT2D eigenvalue weighted by atomic mass is 16.5. The number of carboxylic acids is 1. The Morgan fingerprint density at radius 2 is 2.25 bits per heavy atom. The quantitative estimate of drug-likeness (QED) is 0.818. The van der Waals surface area contributed by atoms with Gasteiger partial charge in [-0.15, -0.1) is 0 Å². The van der Waals surface area contributed by atoms with Crippen LogP contribution in [0.1, 0.15) is 29.2 Å². The van der Waals surface area contributed by atoms with Gasteiger partial charge in [0.05, 0.1) is 12.2 Å². The van der Waals surface area contributed by atoms with E-state index in [2.05, 4.69) is 4.98 Å². The zero-order valence-corrected chi connectivity index (χ0v) is 11.2. The topological polar surface area (TPSA) is 73.6 Å². The lowest BCUT2D eigenvalue weighted by Gasteiger charge is -2.06. The van der Waals surface area contributed by atoms with Crippen molar-refractivity contribution in [1.82, 2.24) is 9.55 Å². The molecule has 1 N–H and O–H groups in total. The van der Waals surface area contributed by atoms with Crippen LogP contribution in [0.15, 0.2) is 18.3 Å². The number of aromatic carboxylic acids is 1. The molecule has 1 saturated carbocycles. The number of methoxy groups -OCH3 is 1. The van der Waals surface area contributed by atoms with E-state index < -0.39 is 5.97 Å². The summed E-state index contributed by atoms with van der Waals surface area (Å²) in [5.74, 6) is -0.434. The summed E-state index contributed by atoms with van der Waals surface area (Å²) in [6, 6.07) is 3.82. The van der Waals surface area contributed by atoms with Crippen LogP contribution in [-0.4, -0.2) is 41.0 Å². The highest BCUT2D eigenvalue weighted by molar-refractivity contribution is 6.02. The third-order valence-corrected chi connectivity index (χ3v) is 3.36. The molecule has 2 heterocycles. The minimum absolute atomic E-state index is 0.294. The Balaban J connectivity index is 1.98. The SMILES string of the molecule is COCCOc1ccc2c(C(=O)O)cn(C3CC3)c2n1. The van der Waals surface area contributed by atoms with Crippen molar-refractivity contribution in [2.24, 2.45) is 0 Å². The number of carbonyl (C=O) groups is 1. The number of rotatable bonds is 6. The van der Waals surface area contributed by atoms with E-state index in [-0.39, 0.29) is 0 Å². The molecule has 3 rings (SSSR count). The van der Waals surface area contributed by atoms with Gasteiger partial charge in [0.1, 0.15) is 12.3 Å². The molecule has 20 heavy (non-hydrogen) atoms. The van der Waals surface area contributed by atoms with Crippen LogP contribution in [-0.2, 0) is 4.74 Å². The van der Waals surface area contributed by atoms with Crippen molar-refractivity contribution in [1.29, 1.82) is 0 Å². The predicted molar refractivity (Wildman–Crippen MR) is 72.3 cm³/mol. The van der Waals surface area contributed by atoms with Crippen LogP contribution in [0.25, 0.3) is 11.0 Å². The van der Waals surface area contributed by atoms with Gasteiger partial charge in [0.25, 0.3) is 0 Å². The first-order valence-corrected chi connectivity index (χ1v) is 6.57. The first-order valence-electron chi connectivity index (χ1n) is 6.57. The Hall–Kier alpha value is -2.08. The van der Waals surface area contributed by atoms with E-state index >= 15 is 0 Å². The second-order valence-corrected chi connectivity index (χ2v) is 4.85. The van der Waals surface area contributed by atoms with Gasteiger partial charge in [-0.2, -0.15) is 4.98 Å². The fourth-order valence-electron chi connectivity index (χ4n) is 2.22. The molecule has 0 saturated heterocycles. The molecule has 0 radical (unpaired) electrons. The standard InChI is InChI=1S/C14H16N2O4/c1-19-6-7-20-12-5-4-10-11(14(17)18)8-16(9-2-3-9)13(10)15-12/h4-5,8-9H,2-3,6-7H2,1H3,(H,17,18). The summed E-state index contributed by atoms with van der Waals surface area (Å²) >= 11 is 0. The average molecular weight is 276 g/mol. The molecule has 6 heteroatoms. The second kappa shape index (κ2) is 5.13. The second-order valence-electron chi connectivity index (χ2n) is 4.85. The Morgan fingerprint density at radius 1 is 1.45 bits per heavy atom. The fourth-order valence-corrected chi connectivity index (χ4v) is 2.22. The molecule has 0 amide bonds. The molecule has 1 aliphatic rings. The summed E-state index contributed by atoms with van der Waals surface area (Å²) in [5.41, 5.74) is 0.975. The number of aromatic nitrogens is 2. The summed E-state index contributed by atoms with van der Waals surface area (Å²) in [7, 11) is 1.61. The van der Waals surface area contributed by atoms with Gasteiger partial charge in [-0.3, -0.25) is 0 Å². The molecule has 2 aromatic rings. The van der Waals surface area contributed by atoms with Crippen LogP contribution in [0.3, 0.4) is 0 Å². The predicted octanol–water partition coefficient (Wildman–Crippen LogP) is 2.09. The fraction of sp³-hybridized carbons (Fsp3) is 0.429. The van der Waals surface area contributed by atoms with Gasteiger partial charge in [-0.05, 0) is 18.9 Å². The minimum Gasteiger partial charge on any atom is -0.478 e. The van der Waals surface area contributed by atoms with Crippen molar-refractivity contribution < 1.29 is 19.4 Å². The smallest absolute Gasteiger partial charge is 0.337 e. The van der Waals surface area contributed by atoms with E-state index in [4.69, 9.17) is 9.47 Å². The Morgan fingerprint density at radius 3 is 2.90 bits per heavy atom. The number of pyridine rings is 1. The zero-order valence-electron chi connectivity index (χ0n) is 11.2. The van der Waals surface area contributed by atoms with Gasteiger partial charge >= 0.3 is 5.97 Å². The van der Waals surface area contributed by atoms with Crippen molar-refractivity contribution in [2.45, 2.75) is 18.9 Å². The van der Waals surface area contributed by atoms with Crippen LogP contribution in [0.4, 0.5) is 0 Å². The highest BCUT2D eigenvalue weighted by Gasteiger charge is 2.28. The number of hydrogen-bond acceptors (Lipinski definition) is 4. The normalized spacial score (nSPS) is 14.7. The van der Waals surface area contributed by atoms with Gasteiger partial charge < -0.3 is 19.1 Å². The molecule has 6 nitrogen and oxygen atoms in total. The van der Waals surface area contributed by atoms with E-state index in [1.54, 1.807) is 25.4 Å². The molecule has 0 atom stereocenters. The van der Waals surface area contributed by atoms with Gasteiger partial charge in [0, 0.05) is 30.8 Å². The monoisotopic (exact) mass is 276 g/mol. The van der Waals surface area contributed by atoms with Crippen molar-refractivity contribution in [3.05, 3.63) is 23.9 Å². The number of hydrogen-bond donors (Lipinski definition) is 1. The Labute approximate surface area is 115 Å². The van der Waals surface area contributed by atoms with E-state index in [1.165, 1.54) is 0 Å². The van der Waals surface area contributed by atoms with E-state index in [0.29, 0.717) is 41.7 Å². The average Bonchev–Trinajstić information content (AvgIpc) is 3.20. The summed E-state index contributed by atoms with van der Waals surface area (Å²) in [6.07, 6.45) is 3.81. The van der Waals surface area contributed by atoms with E-state index in [9.17, 15) is 9.90 Å². The van der Waals surface area contributed by atoms with E-state index in [1.807, 2.05) is 4.57 Å². The molecular weight excluding hydrogens is 260 g/mol. The van der Waals surface area contributed by atoms with Crippen molar-refractivity contribution in [3.8, 4) is 5.88 Å². The van der Waals surface area contributed by atoms with Crippen LogP contribution in [0.2, 0.25) is 0 Å². The van der Waals surface area contributed by atoms with Crippen LogP contribution in [0, 0.1) is 0 Å². The largest absolute Gasteiger partial charge is 0.478 e. The molecule has 1 fully saturated rings. The maximum atomic E-state index is 11.3. The molecule has 0 aliphatic heterocycles. The molecular formula is C14H16N2O4. The lowest BCUT2D eigenvalue weighted by Crippen LogP contribution is -2.05. The number of nitrogens with zero attached hydrogens (tertiary/aromatic N) is 2. The van der Waals surface area contributed by atoms with Gasteiger partial charge in [0.2, 0.25) is 5.88 Å².